The molecule has 2 aromatic rings. The van der Waals surface area contributed by atoms with Crippen LogP contribution < -0.4 is 5.32 Å². The average Bonchev–Trinajstić information content (AvgIpc) is 2.71. The van der Waals surface area contributed by atoms with Crippen molar-refractivity contribution in [3.63, 3.8) is 0 Å². The standard InChI is InChI=1S/C12H13ClFN3/c1-15-12(9-6-16-17(2)7-9)8-3-4-11(14)10(13)5-8/h3-7,12,15H,1-2H3. The van der Waals surface area contributed by atoms with Gasteiger partial charge in [0.1, 0.15) is 5.82 Å². The fourth-order valence-electron chi connectivity index (χ4n) is 1.81. The van der Waals surface area contributed by atoms with E-state index in [1.165, 1.54) is 6.07 Å². The minimum atomic E-state index is -0.406. The van der Waals surface area contributed by atoms with E-state index in [4.69, 9.17) is 11.6 Å². The molecule has 1 heterocycles. The topological polar surface area (TPSA) is 29.9 Å². The Hall–Kier alpha value is -1.39. The molecule has 0 aliphatic rings. The summed E-state index contributed by atoms with van der Waals surface area (Å²) in [7, 11) is 3.70. The lowest BCUT2D eigenvalue weighted by Crippen LogP contribution is -2.17. The summed E-state index contributed by atoms with van der Waals surface area (Å²) in [6, 6.07) is 4.68. The van der Waals surface area contributed by atoms with Crippen LogP contribution >= 0.6 is 11.6 Å². The maximum atomic E-state index is 13.1. The quantitative estimate of drug-likeness (QED) is 0.911. The summed E-state index contributed by atoms with van der Waals surface area (Å²) in [6.07, 6.45) is 3.69. The number of hydrogen-bond acceptors (Lipinski definition) is 2. The summed E-state index contributed by atoms with van der Waals surface area (Å²) in [6.45, 7) is 0. The second kappa shape index (κ2) is 4.85. The van der Waals surface area contributed by atoms with Crippen molar-refractivity contribution in [3.8, 4) is 0 Å². The summed E-state index contributed by atoms with van der Waals surface area (Å²) in [5.74, 6) is -0.406. The van der Waals surface area contributed by atoms with Gasteiger partial charge in [-0.1, -0.05) is 17.7 Å². The summed E-state index contributed by atoms with van der Waals surface area (Å²) < 4.78 is 14.8. The first-order chi connectivity index (χ1) is 8.11. The number of halogens is 2. The SMILES string of the molecule is CNC(c1ccc(F)c(Cl)c1)c1cnn(C)c1. The summed E-state index contributed by atoms with van der Waals surface area (Å²) >= 11 is 5.78. The van der Waals surface area contributed by atoms with Crippen LogP contribution in [0.1, 0.15) is 17.2 Å². The lowest BCUT2D eigenvalue weighted by Gasteiger charge is -2.15. The first-order valence-corrected chi connectivity index (χ1v) is 5.60. The van der Waals surface area contributed by atoms with Crippen LogP contribution in [0.2, 0.25) is 5.02 Å². The molecule has 5 heteroatoms. The first kappa shape index (κ1) is 12.1. The molecular weight excluding hydrogens is 241 g/mol. The van der Waals surface area contributed by atoms with Gasteiger partial charge >= 0.3 is 0 Å². The average molecular weight is 254 g/mol. The van der Waals surface area contributed by atoms with E-state index in [0.717, 1.165) is 11.1 Å². The van der Waals surface area contributed by atoms with E-state index in [1.54, 1.807) is 23.0 Å². The fraction of sp³-hybridized carbons (Fsp3) is 0.250. The Morgan fingerprint density at radius 1 is 1.41 bits per heavy atom. The van der Waals surface area contributed by atoms with Crippen LogP contribution in [0.25, 0.3) is 0 Å². The van der Waals surface area contributed by atoms with Crippen molar-refractivity contribution in [3.05, 3.63) is 52.6 Å². The summed E-state index contributed by atoms with van der Waals surface area (Å²) in [5, 5.41) is 7.41. The van der Waals surface area contributed by atoms with Crippen LogP contribution in [0.15, 0.2) is 30.6 Å². The molecule has 2 rings (SSSR count). The van der Waals surface area contributed by atoms with E-state index < -0.39 is 5.82 Å². The predicted molar refractivity (Wildman–Crippen MR) is 65.5 cm³/mol. The highest BCUT2D eigenvalue weighted by molar-refractivity contribution is 6.30. The highest BCUT2D eigenvalue weighted by atomic mass is 35.5. The molecule has 1 aromatic heterocycles. The molecule has 0 fully saturated rings. The molecule has 1 atom stereocenters. The number of hydrogen-bond donors (Lipinski definition) is 1. The van der Waals surface area contributed by atoms with E-state index in [-0.39, 0.29) is 11.1 Å². The number of nitrogens with zero attached hydrogens (tertiary/aromatic N) is 2. The molecule has 90 valence electrons. The maximum Gasteiger partial charge on any atom is 0.141 e. The Labute approximate surface area is 104 Å². The predicted octanol–water partition coefficient (Wildman–Crippen LogP) is 2.52. The van der Waals surface area contributed by atoms with Gasteiger partial charge in [-0.05, 0) is 24.7 Å². The molecule has 3 nitrogen and oxygen atoms in total. The second-order valence-electron chi connectivity index (χ2n) is 3.84. The smallest absolute Gasteiger partial charge is 0.141 e. The van der Waals surface area contributed by atoms with Gasteiger partial charge in [0.2, 0.25) is 0 Å². The molecule has 0 aliphatic carbocycles. The fourth-order valence-corrected chi connectivity index (χ4v) is 2.00. The van der Waals surface area contributed by atoms with Crippen molar-refractivity contribution in [1.29, 1.82) is 0 Å². The Kier molecular flexibility index (Phi) is 3.45. The number of nitrogens with one attached hydrogen (secondary N) is 1. The summed E-state index contributed by atoms with van der Waals surface area (Å²) in [5.41, 5.74) is 1.92. The van der Waals surface area contributed by atoms with E-state index in [1.807, 2.05) is 20.3 Å². The van der Waals surface area contributed by atoms with Gasteiger partial charge in [0.15, 0.2) is 0 Å². The molecule has 0 spiro atoms. The molecule has 1 aromatic carbocycles. The van der Waals surface area contributed by atoms with Crippen LogP contribution in [-0.4, -0.2) is 16.8 Å². The van der Waals surface area contributed by atoms with E-state index >= 15 is 0 Å². The van der Waals surface area contributed by atoms with Crippen molar-refractivity contribution in [2.75, 3.05) is 7.05 Å². The zero-order valence-electron chi connectivity index (χ0n) is 9.61. The van der Waals surface area contributed by atoms with Gasteiger partial charge in [-0.25, -0.2) is 4.39 Å². The highest BCUT2D eigenvalue weighted by Gasteiger charge is 2.14. The first-order valence-electron chi connectivity index (χ1n) is 5.22. The van der Waals surface area contributed by atoms with Gasteiger partial charge in [0, 0.05) is 18.8 Å². The van der Waals surface area contributed by atoms with Crippen molar-refractivity contribution in [2.45, 2.75) is 6.04 Å². The molecule has 1 N–H and O–H groups in total. The maximum absolute atomic E-state index is 13.1. The van der Waals surface area contributed by atoms with Crippen molar-refractivity contribution >= 4 is 11.6 Å². The molecule has 0 amide bonds. The molecule has 1 unspecified atom stereocenters. The zero-order valence-corrected chi connectivity index (χ0v) is 10.4. The van der Waals surface area contributed by atoms with E-state index in [9.17, 15) is 4.39 Å². The molecular formula is C12H13ClFN3. The van der Waals surface area contributed by atoms with E-state index in [2.05, 4.69) is 10.4 Å². The van der Waals surface area contributed by atoms with Gasteiger partial charge in [-0.15, -0.1) is 0 Å². The third kappa shape index (κ3) is 2.48. The Bertz CT molecular complexity index is 524. The van der Waals surface area contributed by atoms with Crippen LogP contribution in [-0.2, 0) is 7.05 Å². The van der Waals surface area contributed by atoms with Gasteiger partial charge in [-0.3, -0.25) is 4.68 Å². The second-order valence-corrected chi connectivity index (χ2v) is 4.25. The monoisotopic (exact) mass is 253 g/mol. The number of rotatable bonds is 3. The van der Waals surface area contributed by atoms with Crippen molar-refractivity contribution < 1.29 is 4.39 Å². The van der Waals surface area contributed by atoms with Crippen molar-refractivity contribution in [1.82, 2.24) is 15.1 Å². The minimum Gasteiger partial charge on any atom is -0.309 e. The molecule has 17 heavy (non-hydrogen) atoms. The lowest BCUT2D eigenvalue weighted by molar-refractivity contribution is 0.624. The third-order valence-electron chi connectivity index (χ3n) is 2.62. The van der Waals surface area contributed by atoms with E-state index in [0.29, 0.717) is 0 Å². The highest BCUT2D eigenvalue weighted by Crippen LogP contribution is 2.25. The molecule has 0 saturated heterocycles. The Morgan fingerprint density at radius 3 is 2.71 bits per heavy atom. The molecule has 0 bridgehead atoms. The van der Waals surface area contributed by atoms with Crippen LogP contribution in [0.4, 0.5) is 4.39 Å². The van der Waals surface area contributed by atoms with Crippen molar-refractivity contribution in [2.24, 2.45) is 7.05 Å². The zero-order chi connectivity index (χ0) is 12.4. The Balaban J connectivity index is 2.38. The number of benzene rings is 1. The van der Waals surface area contributed by atoms with Gasteiger partial charge < -0.3 is 5.32 Å². The Morgan fingerprint density at radius 2 is 2.18 bits per heavy atom. The number of aromatic nitrogens is 2. The van der Waals surface area contributed by atoms with Crippen LogP contribution in [0.3, 0.4) is 0 Å². The molecule has 0 aliphatic heterocycles. The van der Waals surface area contributed by atoms with Gasteiger partial charge in [-0.2, -0.15) is 5.10 Å². The van der Waals surface area contributed by atoms with Crippen LogP contribution in [0, 0.1) is 5.82 Å². The largest absolute Gasteiger partial charge is 0.309 e. The molecule has 0 saturated carbocycles. The normalized spacial score (nSPS) is 12.7. The lowest BCUT2D eigenvalue weighted by atomic mass is 10.0. The summed E-state index contributed by atoms with van der Waals surface area (Å²) in [4.78, 5) is 0. The minimum absolute atomic E-state index is 0.0400. The third-order valence-corrected chi connectivity index (χ3v) is 2.91. The van der Waals surface area contributed by atoms with Crippen LogP contribution in [0.5, 0.6) is 0 Å². The van der Waals surface area contributed by atoms with Gasteiger partial charge in [0.25, 0.3) is 0 Å². The molecule has 0 radical (unpaired) electrons. The number of aryl methyl sites for hydroxylation is 1. The van der Waals surface area contributed by atoms with Gasteiger partial charge in [0.05, 0.1) is 17.3 Å².